The molecule has 1 saturated carbocycles. The molecule has 1 aromatic rings. The molecule has 1 aliphatic rings. The maximum absolute atomic E-state index is 6.07. The van der Waals surface area contributed by atoms with E-state index in [4.69, 9.17) is 5.73 Å². The lowest BCUT2D eigenvalue weighted by atomic mass is 9.65. The monoisotopic (exact) mass is 221 g/mol. The molecular formula is C13H23N3. The highest BCUT2D eigenvalue weighted by atomic mass is 15.3. The van der Waals surface area contributed by atoms with Gasteiger partial charge in [-0.25, -0.2) is 0 Å². The van der Waals surface area contributed by atoms with E-state index in [1.54, 1.807) is 0 Å². The Balaban J connectivity index is 2.31. The highest BCUT2D eigenvalue weighted by Gasteiger charge is 2.40. The first-order chi connectivity index (χ1) is 7.60. The van der Waals surface area contributed by atoms with E-state index in [9.17, 15) is 0 Å². The van der Waals surface area contributed by atoms with E-state index in [1.807, 2.05) is 0 Å². The topological polar surface area (TPSA) is 43.8 Å². The Morgan fingerprint density at radius 1 is 1.38 bits per heavy atom. The molecular weight excluding hydrogens is 198 g/mol. The van der Waals surface area contributed by atoms with Crippen LogP contribution >= 0.6 is 0 Å². The van der Waals surface area contributed by atoms with Crippen molar-refractivity contribution in [2.75, 3.05) is 0 Å². The largest absolute Gasteiger partial charge is 0.327 e. The standard InChI is InChI=1S/C13H23N3/c1-5-10-11(7-12(10)14)13-8(3)15-16(6-2)9(13)4/h10-12H,5-7,14H2,1-4H3. The zero-order valence-corrected chi connectivity index (χ0v) is 10.8. The van der Waals surface area contributed by atoms with Crippen molar-refractivity contribution in [2.24, 2.45) is 11.7 Å². The van der Waals surface area contributed by atoms with Crippen LogP contribution in [0.4, 0.5) is 0 Å². The van der Waals surface area contributed by atoms with Crippen LogP contribution < -0.4 is 5.73 Å². The highest BCUT2D eigenvalue weighted by molar-refractivity contribution is 5.32. The van der Waals surface area contributed by atoms with E-state index in [-0.39, 0.29) is 0 Å². The molecule has 0 radical (unpaired) electrons. The Bertz CT molecular complexity index is 381. The summed E-state index contributed by atoms with van der Waals surface area (Å²) in [4.78, 5) is 0. The fourth-order valence-corrected chi connectivity index (χ4v) is 3.22. The van der Waals surface area contributed by atoms with Crippen molar-refractivity contribution >= 4 is 0 Å². The molecule has 0 aromatic carbocycles. The van der Waals surface area contributed by atoms with E-state index >= 15 is 0 Å². The van der Waals surface area contributed by atoms with Gasteiger partial charge in [0.05, 0.1) is 5.69 Å². The Kier molecular flexibility index (Phi) is 3.06. The average molecular weight is 221 g/mol. The normalized spacial score (nSPS) is 29.2. The summed E-state index contributed by atoms with van der Waals surface area (Å²) < 4.78 is 2.11. The summed E-state index contributed by atoms with van der Waals surface area (Å²) >= 11 is 0. The van der Waals surface area contributed by atoms with Crippen LogP contribution in [0.2, 0.25) is 0 Å². The molecule has 2 rings (SSSR count). The summed E-state index contributed by atoms with van der Waals surface area (Å²) in [5.41, 5.74) is 10.1. The second-order valence-electron chi connectivity index (χ2n) is 4.98. The van der Waals surface area contributed by atoms with Crippen LogP contribution in [-0.4, -0.2) is 15.8 Å². The van der Waals surface area contributed by atoms with Gasteiger partial charge in [0.25, 0.3) is 0 Å². The van der Waals surface area contributed by atoms with Crippen molar-refractivity contribution < 1.29 is 0 Å². The van der Waals surface area contributed by atoms with E-state index in [2.05, 4.69) is 37.5 Å². The van der Waals surface area contributed by atoms with Gasteiger partial charge in [-0.1, -0.05) is 13.3 Å². The minimum Gasteiger partial charge on any atom is -0.327 e. The molecule has 3 nitrogen and oxygen atoms in total. The maximum atomic E-state index is 6.07. The Hall–Kier alpha value is -0.830. The zero-order valence-electron chi connectivity index (χ0n) is 10.8. The zero-order chi connectivity index (χ0) is 11.9. The van der Waals surface area contributed by atoms with Gasteiger partial charge in [0.15, 0.2) is 0 Å². The molecule has 3 heteroatoms. The lowest BCUT2D eigenvalue weighted by Gasteiger charge is -2.42. The summed E-state index contributed by atoms with van der Waals surface area (Å²) in [6, 6.07) is 0.402. The Morgan fingerprint density at radius 3 is 2.50 bits per heavy atom. The molecule has 0 saturated heterocycles. The molecule has 16 heavy (non-hydrogen) atoms. The minimum absolute atomic E-state index is 0.402. The number of aromatic nitrogens is 2. The van der Waals surface area contributed by atoms with Gasteiger partial charge in [-0.2, -0.15) is 5.10 Å². The molecule has 1 heterocycles. The second-order valence-corrected chi connectivity index (χ2v) is 4.98. The van der Waals surface area contributed by atoms with E-state index in [0.29, 0.717) is 17.9 Å². The fourth-order valence-electron chi connectivity index (χ4n) is 3.22. The van der Waals surface area contributed by atoms with Crippen molar-refractivity contribution in [1.82, 2.24) is 9.78 Å². The van der Waals surface area contributed by atoms with Crippen LogP contribution in [0, 0.1) is 19.8 Å². The number of hydrogen-bond donors (Lipinski definition) is 1. The predicted molar refractivity (Wildman–Crippen MR) is 66.5 cm³/mol. The molecule has 0 aliphatic heterocycles. The smallest absolute Gasteiger partial charge is 0.0631 e. The number of nitrogens with two attached hydrogens (primary N) is 1. The molecule has 0 spiro atoms. The average Bonchev–Trinajstić information content (AvgIpc) is 2.51. The number of nitrogens with zero attached hydrogens (tertiary/aromatic N) is 2. The lowest BCUT2D eigenvalue weighted by molar-refractivity contribution is 0.197. The van der Waals surface area contributed by atoms with Gasteiger partial charge in [0.1, 0.15) is 0 Å². The van der Waals surface area contributed by atoms with Gasteiger partial charge < -0.3 is 5.73 Å². The summed E-state index contributed by atoms with van der Waals surface area (Å²) in [5.74, 6) is 1.31. The SMILES string of the molecule is CCC1C(N)CC1c1c(C)nn(CC)c1C. The van der Waals surface area contributed by atoms with Gasteiger partial charge in [-0.05, 0) is 44.6 Å². The van der Waals surface area contributed by atoms with Crippen molar-refractivity contribution in [3.63, 3.8) is 0 Å². The summed E-state index contributed by atoms with van der Waals surface area (Å²) in [6.45, 7) is 9.67. The number of hydrogen-bond acceptors (Lipinski definition) is 2. The van der Waals surface area contributed by atoms with Gasteiger partial charge in [0, 0.05) is 18.3 Å². The van der Waals surface area contributed by atoms with Crippen LogP contribution in [0.1, 0.15) is 49.6 Å². The first kappa shape index (κ1) is 11.6. The van der Waals surface area contributed by atoms with Gasteiger partial charge in [-0.3, -0.25) is 4.68 Å². The molecule has 3 unspecified atom stereocenters. The first-order valence-corrected chi connectivity index (χ1v) is 6.39. The van der Waals surface area contributed by atoms with Crippen LogP contribution in [0.5, 0.6) is 0 Å². The molecule has 3 atom stereocenters. The third-order valence-corrected chi connectivity index (χ3v) is 4.17. The molecule has 1 aliphatic carbocycles. The Morgan fingerprint density at radius 2 is 2.06 bits per heavy atom. The quantitative estimate of drug-likeness (QED) is 0.851. The van der Waals surface area contributed by atoms with Crippen molar-refractivity contribution in [1.29, 1.82) is 0 Å². The number of aryl methyl sites for hydroxylation is 2. The van der Waals surface area contributed by atoms with Crippen molar-refractivity contribution in [3.05, 3.63) is 17.0 Å². The second kappa shape index (κ2) is 4.21. The van der Waals surface area contributed by atoms with Crippen molar-refractivity contribution in [3.8, 4) is 0 Å². The van der Waals surface area contributed by atoms with Gasteiger partial charge >= 0.3 is 0 Å². The van der Waals surface area contributed by atoms with Crippen LogP contribution in [0.15, 0.2) is 0 Å². The Labute approximate surface area is 98.0 Å². The summed E-state index contributed by atoms with van der Waals surface area (Å²) in [6.07, 6.45) is 2.32. The molecule has 0 bridgehead atoms. The molecule has 1 aromatic heterocycles. The summed E-state index contributed by atoms with van der Waals surface area (Å²) in [5, 5.41) is 4.60. The molecule has 0 amide bonds. The lowest BCUT2D eigenvalue weighted by Crippen LogP contribution is -2.45. The third-order valence-electron chi connectivity index (χ3n) is 4.17. The van der Waals surface area contributed by atoms with Gasteiger partial charge in [0.2, 0.25) is 0 Å². The van der Waals surface area contributed by atoms with E-state index in [0.717, 1.165) is 13.0 Å². The molecule has 1 fully saturated rings. The third kappa shape index (κ3) is 1.58. The van der Waals surface area contributed by atoms with E-state index < -0.39 is 0 Å². The molecule has 90 valence electrons. The van der Waals surface area contributed by atoms with E-state index in [1.165, 1.54) is 23.4 Å². The summed E-state index contributed by atoms with van der Waals surface area (Å²) in [7, 11) is 0. The van der Waals surface area contributed by atoms with Crippen LogP contribution in [0.3, 0.4) is 0 Å². The minimum atomic E-state index is 0.402. The number of rotatable bonds is 3. The van der Waals surface area contributed by atoms with Crippen molar-refractivity contribution in [2.45, 2.75) is 59.0 Å². The fraction of sp³-hybridized carbons (Fsp3) is 0.769. The maximum Gasteiger partial charge on any atom is 0.0631 e. The molecule has 2 N–H and O–H groups in total. The first-order valence-electron chi connectivity index (χ1n) is 6.39. The van der Waals surface area contributed by atoms with Crippen LogP contribution in [0.25, 0.3) is 0 Å². The van der Waals surface area contributed by atoms with Crippen LogP contribution in [-0.2, 0) is 6.54 Å². The van der Waals surface area contributed by atoms with Gasteiger partial charge in [-0.15, -0.1) is 0 Å². The predicted octanol–water partition coefficient (Wildman–Crippen LogP) is 2.36. The highest BCUT2D eigenvalue weighted by Crippen LogP contribution is 2.45.